The molecule has 2 atom stereocenters. The van der Waals surface area contributed by atoms with E-state index in [0.29, 0.717) is 5.01 Å². The Balaban J connectivity index is 2.73. The van der Waals surface area contributed by atoms with Gasteiger partial charge in [-0.05, 0) is 26.7 Å². The third-order valence-electron chi connectivity index (χ3n) is 3.50. The maximum absolute atomic E-state index is 12.2. The molecule has 0 unspecified atom stereocenters. The zero-order valence-electron chi connectivity index (χ0n) is 16.0. The second kappa shape index (κ2) is 9.51. The number of carbonyl (C=O) groups is 3. The summed E-state index contributed by atoms with van der Waals surface area (Å²) in [6.07, 6.45) is 0.146. The van der Waals surface area contributed by atoms with Crippen molar-refractivity contribution in [3.8, 4) is 0 Å². The molecule has 2 N–H and O–H groups in total. The van der Waals surface area contributed by atoms with Crippen LogP contribution in [0.2, 0.25) is 0 Å². The number of alkyl carbamates (subject to hydrolysis) is 1. The fraction of sp³-hybridized carbons (Fsp3) is 0.647. The average molecular weight is 385 g/mol. The van der Waals surface area contributed by atoms with Crippen LogP contribution in [-0.2, 0) is 14.3 Å². The molecule has 0 saturated heterocycles. The van der Waals surface area contributed by atoms with Gasteiger partial charge in [0.05, 0.1) is 13.2 Å². The maximum Gasteiger partial charge on any atom is 0.408 e. The minimum Gasteiger partial charge on any atom is -0.464 e. The zero-order chi connectivity index (χ0) is 19.9. The molecule has 9 heteroatoms. The quantitative estimate of drug-likeness (QED) is 0.699. The molecule has 1 aromatic rings. The van der Waals surface area contributed by atoms with E-state index in [1.165, 1.54) is 18.4 Å². The van der Waals surface area contributed by atoms with E-state index in [-0.39, 0.29) is 30.1 Å². The lowest BCUT2D eigenvalue weighted by molar-refractivity contribution is -0.121. The highest BCUT2D eigenvalue weighted by Gasteiger charge is 2.25. The van der Waals surface area contributed by atoms with Crippen molar-refractivity contribution in [2.45, 2.75) is 52.7 Å². The summed E-state index contributed by atoms with van der Waals surface area (Å²) in [6, 6.07) is -0.364. The Morgan fingerprint density at radius 1 is 1.31 bits per heavy atom. The van der Waals surface area contributed by atoms with Crippen LogP contribution < -0.4 is 10.6 Å². The number of ether oxygens (including phenoxy) is 2. The van der Waals surface area contributed by atoms with Gasteiger partial charge in [-0.25, -0.2) is 14.6 Å². The summed E-state index contributed by atoms with van der Waals surface area (Å²) in [5, 5.41) is 7.49. The highest BCUT2D eigenvalue weighted by atomic mass is 32.1. The Labute approximate surface area is 157 Å². The number of nitrogens with zero attached hydrogens (tertiary/aromatic N) is 1. The van der Waals surface area contributed by atoms with Gasteiger partial charge in [0.15, 0.2) is 5.69 Å². The van der Waals surface area contributed by atoms with Crippen LogP contribution in [0.5, 0.6) is 0 Å². The van der Waals surface area contributed by atoms with Gasteiger partial charge in [-0.2, -0.15) is 0 Å². The van der Waals surface area contributed by atoms with E-state index in [1.54, 1.807) is 26.2 Å². The molecule has 0 aliphatic carbocycles. The molecule has 8 nitrogen and oxygen atoms in total. The molecule has 0 saturated carbocycles. The summed E-state index contributed by atoms with van der Waals surface area (Å²) in [7, 11) is 1.29. The number of nitrogens with one attached hydrogen (secondary N) is 2. The number of esters is 1. The van der Waals surface area contributed by atoms with Crippen LogP contribution in [0.1, 0.15) is 62.6 Å². The number of hydrogen-bond donors (Lipinski definition) is 2. The first-order valence-electron chi connectivity index (χ1n) is 8.37. The molecule has 0 aliphatic rings. The first-order chi connectivity index (χ1) is 12.1. The molecule has 0 spiro atoms. The Morgan fingerprint density at radius 2 is 1.96 bits per heavy atom. The lowest BCUT2D eigenvalue weighted by Crippen LogP contribution is -2.42. The van der Waals surface area contributed by atoms with E-state index in [9.17, 15) is 14.4 Å². The minimum atomic E-state index is -0.657. The van der Waals surface area contributed by atoms with E-state index >= 15 is 0 Å². The third kappa shape index (κ3) is 6.99. The molecule has 0 aromatic carbocycles. The van der Waals surface area contributed by atoms with Crippen molar-refractivity contribution in [1.82, 2.24) is 15.6 Å². The van der Waals surface area contributed by atoms with Crippen LogP contribution in [0.4, 0.5) is 4.79 Å². The van der Waals surface area contributed by atoms with Gasteiger partial charge >= 0.3 is 12.1 Å². The summed E-state index contributed by atoms with van der Waals surface area (Å²) in [5.41, 5.74) is -0.424. The molecule has 0 aliphatic heterocycles. The number of rotatable bonds is 7. The van der Waals surface area contributed by atoms with E-state index in [2.05, 4.69) is 20.4 Å². The molecule has 0 bridgehead atoms. The fourth-order valence-corrected chi connectivity index (χ4v) is 2.97. The van der Waals surface area contributed by atoms with Crippen LogP contribution in [0, 0.1) is 5.92 Å². The van der Waals surface area contributed by atoms with Crippen LogP contribution in [0.3, 0.4) is 0 Å². The van der Waals surface area contributed by atoms with Crippen molar-refractivity contribution in [3.05, 3.63) is 16.1 Å². The number of aromatic nitrogens is 1. The molecule has 1 aromatic heterocycles. The second-order valence-electron chi connectivity index (χ2n) is 6.85. The van der Waals surface area contributed by atoms with Crippen molar-refractivity contribution in [1.29, 1.82) is 0 Å². The van der Waals surface area contributed by atoms with Gasteiger partial charge in [0, 0.05) is 5.38 Å². The van der Waals surface area contributed by atoms with Gasteiger partial charge in [0.1, 0.15) is 17.2 Å². The van der Waals surface area contributed by atoms with E-state index < -0.39 is 17.7 Å². The third-order valence-corrected chi connectivity index (χ3v) is 4.43. The predicted octanol–water partition coefficient (Wildman–Crippen LogP) is 2.66. The van der Waals surface area contributed by atoms with E-state index in [0.717, 1.165) is 6.42 Å². The Kier molecular flexibility index (Phi) is 8.01. The summed E-state index contributed by atoms with van der Waals surface area (Å²) < 4.78 is 9.76. The molecule has 146 valence electrons. The van der Waals surface area contributed by atoms with Crippen LogP contribution in [0.25, 0.3) is 0 Å². The predicted molar refractivity (Wildman–Crippen MR) is 98.0 cm³/mol. The summed E-state index contributed by atoms with van der Waals surface area (Å²) in [6.45, 7) is 8.99. The van der Waals surface area contributed by atoms with Gasteiger partial charge < -0.3 is 20.1 Å². The summed E-state index contributed by atoms with van der Waals surface area (Å²) in [5.74, 6) is -0.790. The van der Waals surface area contributed by atoms with Crippen LogP contribution in [0.15, 0.2) is 5.38 Å². The van der Waals surface area contributed by atoms with Gasteiger partial charge in [-0.15, -0.1) is 11.3 Å². The molecule has 0 radical (unpaired) electrons. The van der Waals surface area contributed by atoms with Crippen LogP contribution >= 0.6 is 11.3 Å². The number of carbonyl (C=O) groups excluding carboxylic acids is 3. The van der Waals surface area contributed by atoms with Crippen molar-refractivity contribution in [2.75, 3.05) is 13.7 Å². The molecule has 1 rings (SSSR count). The normalized spacial score (nSPS) is 13.5. The number of methoxy groups -OCH3 is 1. The molecular formula is C17H27N3O5S. The van der Waals surface area contributed by atoms with Gasteiger partial charge in [0.25, 0.3) is 0 Å². The van der Waals surface area contributed by atoms with Crippen molar-refractivity contribution >= 4 is 29.3 Å². The first kappa shape index (κ1) is 21.9. The zero-order valence-corrected chi connectivity index (χ0v) is 16.9. The number of hydrogen-bond acceptors (Lipinski definition) is 7. The molecule has 0 fully saturated rings. The second-order valence-corrected chi connectivity index (χ2v) is 7.74. The number of amides is 2. The molecule has 1 heterocycles. The highest BCUT2D eigenvalue weighted by molar-refractivity contribution is 7.09. The highest BCUT2D eigenvalue weighted by Crippen LogP contribution is 2.27. The van der Waals surface area contributed by atoms with E-state index in [4.69, 9.17) is 4.74 Å². The lowest BCUT2D eigenvalue weighted by atomic mass is 9.99. The fourth-order valence-electron chi connectivity index (χ4n) is 2.00. The lowest BCUT2D eigenvalue weighted by Gasteiger charge is -2.23. The SMILES string of the molecule is CC[C@H](C)[C@H](NC(=O)CNC(=O)OC(C)(C)C)c1nc(C(=O)OC)cs1. The van der Waals surface area contributed by atoms with E-state index in [1.807, 2.05) is 13.8 Å². The molecule has 2 amide bonds. The first-order valence-corrected chi connectivity index (χ1v) is 9.25. The summed E-state index contributed by atoms with van der Waals surface area (Å²) in [4.78, 5) is 39.7. The maximum atomic E-state index is 12.2. The minimum absolute atomic E-state index is 0.0946. The average Bonchev–Trinajstić information content (AvgIpc) is 3.04. The Hall–Kier alpha value is -2.16. The van der Waals surface area contributed by atoms with Gasteiger partial charge in [-0.3, -0.25) is 4.79 Å². The molecular weight excluding hydrogens is 358 g/mol. The van der Waals surface area contributed by atoms with Gasteiger partial charge in [0.2, 0.25) is 5.91 Å². The van der Waals surface area contributed by atoms with Gasteiger partial charge in [-0.1, -0.05) is 20.3 Å². The smallest absolute Gasteiger partial charge is 0.408 e. The largest absolute Gasteiger partial charge is 0.464 e. The number of thiazole rings is 1. The molecule has 26 heavy (non-hydrogen) atoms. The summed E-state index contributed by atoms with van der Waals surface area (Å²) >= 11 is 1.28. The monoisotopic (exact) mass is 385 g/mol. The van der Waals surface area contributed by atoms with Crippen molar-refractivity contribution < 1.29 is 23.9 Å². The van der Waals surface area contributed by atoms with Crippen LogP contribution in [-0.4, -0.2) is 42.2 Å². The standard InChI is InChI=1S/C17H27N3O5S/c1-7-10(2)13(14-19-11(9-26-14)15(22)24-6)20-12(21)8-18-16(23)25-17(3,4)5/h9-10,13H,7-8H2,1-6H3,(H,18,23)(H,20,21)/t10-,13-/m0/s1. The topological polar surface area (TPSA) is 107 Å². The van der Waals surface area contributed by atoms with Crippen molar-refractivity contribution in [3.63, 3.8) is 0 Å². The Morgan fingerprint density at radius 3 is 2.50 bits per heavy atom. The van der Waals surface area contributed by atoms with Crippen molar-refractivity contribution in [2.24, 2.45) is 5.92 Å². The Bertz CT molecular complexity index is 639.